The van der Waals surface area contributed by atoms with Gasteiger partial charge in [-0.05, 0) is 32.1 Å². The Balaban J connectivity index is 1.70. The summed E-state index contributed by atoms with van der Waals surface area (Å²) in [6.07, 6.45) is 2.64. The molecule has 2 heterocycles. The summed E-state index contributed by atoms with van der Waals surface area (Å²) in [7, 11) is 0. The van der Waals surface area contributed by atoms with E-state index in [0.29, 0.717) is 31.2 Å². The zero-order chi connectivity index (χ0) is 15.9. The molecule has 0 saturated carbocycles. The first-order valence-electron chi connectivity index (χ1n) is 7.41. The van der Waals surface area contributed by atoms with E-state index in [0.717, 1.165) is 12.8 Å². The lowest BCUT2D eigenvalue weighted by molar-refractivity contribution is -0.139. The molecule has 8 heteroatoms. The summed E-state index contributed by atoms with van der Waals surface area (Å²) in [5, 5.41) is 12.4. The van der Waals surface area contributed by atoms with Crippen LogP contribution in [0, 0.1) is 12.8 Å². The van der Waals surface area contributed by atoms with Crippen molar-refractivity contribution in [1.29, 1.82) is 0 Å². The lowest BCUT2D eigenvalue weighted by Gasteiger charge is -2.32. The first-order chi connectivity index (χ1) is 10.5. The van der Waals surface area contributed by atoms with Gasteiger partial charge in [-0.2, -0.15) is 4.98 Å². The Labute approximate surface area is 128 Å². The molecular formula is C14H21N3O5. The number of hydrogen-bond acceptors (Lipinski definition) is 6. The highest BCUT2D eigenvalue weighted by molar-refractivity contribution is 5.77. The third kappa shape index (κ3) is 5.10. The quantitative estimate of drug-likeness (QED) is 0.800. The van der Waals surface area contributed by atoms with E-state index in [2.05, 4.69) is 10.1 Å². The van der Waals surface area contributed by atoms with Gasteiger partial charge in [-0.15, -0.1) is 0 Å². The molecule has 0 radical (unpaired) electrons. The van der Waals surface area contributed by atoms with Crippen LogP contribution < -0.4 is 0 Å². The molecule has 8 nitrogen and oxygen atoms in total. The molecular weight excluding hydrogens is 290 g/mol. The van der Waals surface area contributed by atoms with Crippen LogP contribution in [0.5, 0.6) is 0 Å². The summed E-state index contributed by atoms with van der Waals surface area (Å²) in [5.41, 5.74) is 0. The molecule has 1 N–H and O–H groups in total. The highest BCUT2D eigenvalue weighted by Gasteiger charge is 2.24. The zero-order valence-corrected chi connectivity index (χ0v) is 12.7. The zero-order valence-electron chi connectivity index (χ0n) is 12.7. The minimum atomic E-state index is -0.790. The number of nitrogens with zero attached hydrogens (tertiary/aromatic N) is 3. The summed E-state index contributed by atoms with van der Waals surface area (Å²) in [6.45, 7) is 3.10. The van der Waals surface area contributed by atoms with E-state index in [9.17, 15) is 9.59 Å². The van der Waals surface area contributed by atoms with E-state index in [1.54, 1.807) is 11.8 Å². The minimum absolute atomic E-state index is 0.0346. The number of amides is 1. The molecule has 1 fully saturated rings. The van der Waals surface area contributed by atoms with Gasteiger partial charge >= 0.3 is 5.97 Å². The summed E-state index contributed by atoms with van der Waals surface area (Å²) in [4.78, 5) is 28.4. The van der Waals surface area contributed by atoms with Crippen LogP contribution >= 0.6 is 0 Å². The van der Waals surface area contributed by atoms with Crippen molar-refractivity contribution in [3.8, 4) is 0 Å². The van der Waals surface area contributed by atoms with Crippen molar-refractivity contribution < 1.29 is 24.0 Å². The molecule has 1 unspecified atom stereocenters. The molecule has 2 rings (SSSR count). The summed E-state index contributed by atoms with van der Waals surface area (Å²) < 4.78 is 10.2. The van der Waals surface area contributed by atoms with Gasteiger partial charge in [0.25, 0.3) is 5.89 Å². The van der Waals surface area contributed by atoms with Crippen LogP contribution in [-0.4, -0.2) is 51.7 Å². The SMILES string of the molecule is Cc1noc(COCC(=O)N2CCCC(CCC(=O)O)C2)n1. The van der Waals surface area contributed by atoms with Gasteiger partial charge in [0.15, 0.2) is 5.82 Å². The summed E-state index contributed by atoms with van der Waals surface area (Å²) in [6, 6.07) is 0. The van der Waals surface area contributed by atoms with Crippen molar-refractivity contribution in [2.24, 2.45) is 5.92 Å². The van der Waals surface area contributed by atoms with E-state index in [1.165, 1.54) is 0 Å². The highest BCUT2D eigenvalue weighted by atomic mass is 16.5. The molecule has 0 spiro atoms. The third-order valence-electron chi connectivity index (χ3n) is 3.66. The van der Waals surface area contributed by atoms with Gasteiger partial charge in [0, 0.05) is 19.5 Å². The Morgan fingerprint density at radius 1 is 1.50 bits per heavy atom. The van der Waals surface area contributed by atoms with Crippen LogP contribution in [0.4, 0.5) is 0 Å². The smallest absolute Gasteiger partial charge is 0.303 e. The van der Waals surface area contributed by atoms with Gasteiger partial charge in [-0.3, -0.25) is 9.59 Å². The van der Waals surface area contributed by atoms with Crippen molar-refractivity contribution in [2.75, 3.05) is 19.7 Å². The average Bonchev–Trinajstić information content (AvgIpc) is 2.91. The van der Waals surface area contributed by atoms with Crippen LogP contribution in [0.1, 0.15) is 37.4 Å². The molecule has 1 aliphatic heterocycles. The van der Waals surface area contributed by atoms with Crippen LogP contribution in [0.2, 0.25) is 0 Å². The van der Waals surface area contributed by atoms with E-state index in [4.69, 9.17) is 14.4 Å². The fraction of sp³-hybridized carbons (Fsp3) is 0.714. The van der Waals surface area contributed by atoms with Gasteiger partial charge in [0.2, 0.25) is 5.91 Å². The Kier molecular flexibility index (Phi) is 5.88. The molecule has 1 aromatic rings. The van der Waals surface area contributed by atoms with Crippen LogP contribution in [0.15, 0.2) is 4.52 Å². The second kappa shape index (κ2) is 7.88. The summed E-state index contributed by atoms with van der Waals surface area (Å²) >= 11 is 0. The molecule has 1 aliphatic rings. The number of carbonyl (C=O) groups excluding carboxylic acids is 1. The third-order valence-corrected chi connectivity index (χ3v) is 3.66. The Bertz CT molecular complexity index is 516. The van der Waals surface area contributed by atoms with Crippen molar-refractivity contribution >= 4 is 11.9 Å². The molecule has 0 aromatic carbocycles. The first kappa shape index (κ1) is 16.4. The highest BCUT2D eigenvalue weighted by Crippen LogP contribution is 2.21. The van der Waals surface area contributed by atoms with Gasteiger partial charge < -0.3 is 19.3 Å². The van der Waals surface area contributed by atoms with Gasteiger partial charge in [-0.1, -0.05) is 5.16 Å². The number of hydrogen-bond donors (Lipinski definition) is 1. The number of ether oxygens (including phenoxy) is 1. The number of carboxylic acids is 1. The van der Waals surface area contributed by atoms with E-state index in [-0.39, 0.29) is 31.5 Å². The number of likely N-dealkylation sites (tertiary alicyclic amines) is 1. The number of aryl methyl sites for hydroxylation is 1. The maximum atomic E-state index is 12.1. The lowest BCUT2D eigenvalue weighted by Crippen LogP contribution is -2.41. The maximum Gasteiger partial charge on any atom is 0.303 e. The van der Waals surface area contributed by atoms with Crippen molar-refractivity contribution in [3.63, 3.8) is 0 Å². The molecule has 0 aliphatic carbocycles. The molecule has 0 bridgehead atoms. The van der Waals surface area contributed by atoms with Gasteiger partial charge in [0.1, 0.15) is 13.2 Å². The van der Waals surface area contributed by atoms with Gasteiger partial charge in [-0.25, -0.2) is 0 Å². The van der Waals surface area contributed by atoms with Gasteiger partial charge in [0.05, 0.1) is 0 Å². The minimum Gasteiger partial charge on any atom is -0.481 e. The molecule has 1 atom stereocenters. The summed E-state index contributed by atoms with van der Waals surface area (Å²) in [5.74, 6) is 0.260. The fourth-order valence-electron chi connectivity index (χ4n) is 2.57. The molecule has 1 amide bonds. The normalized spacial score (nSPS) is 18.4. The van der Waals surface area contributed by atoms with E-state index in [1.807, 2.05) is 0 Å². The number of piperidine rings is 1. The van der Waals surface area contributed by atoms with Crippen LogP contribution in [0.25, 0.3) is 0 Å². The maximum absolute atomic E-state index is 12.1. The largest absolute Gasteiger partial charge is 0.481 e. The lowest BCUT2D eigenvalue weighted by atomic mass is 9.93. The number of aromatic nitrogens is 2. The van der Waals surface area contributed by atoms with Crippen LogP contribution in [0.3, 0.4) is 0 Å². The standard InChI is InChI=1S/C14H21N3O5/c1-10-15-12(22-16-10)8-21-9-13(18)17-6-2-3-11(7-17)4-5-14(19)20/h11H,2-9H2,1H3,(H,19,20). The number of carbonyl (C=O) groups is 2. The Morgan fingerprint density at radius 3 is 3.00 bits per heavy atom. The fourth-order valence-corrected chi connectivity index (χ4v) is 2.57. The molecule has 1 aromatic heterocycles. The number of rotatable bonds is 7. The van der Waals surface area contributed by atoms with Crippen LogP contribution in [-0.2, 0) is 20.9 Å². The molecule has 1 saturated heterocycles. The van der Waals surface area contributed by atoms with Crippen molar-refractivity contribution in [2.45, 2.75) is 39.2 Å². The van der Waals surface area contributed by atoms with Crippen molar-refractivity contribution in [3.05, 3.63) is 11.7 Å². The Hall–Kier alpha value is -1.96. The van der Waals surface area contributed by atoms with E-state index >= 15 is 0 Å². The number of aliphatic carboxylic acids is 1. The van der Waals surface area contributed by atoms with Crippen molar-refractivity contribution in [1.82, 2.24) is 15.0 Å². The predicted molar refractivity (Wildman–Crippen MR) is 74.9 cm³/mol. The first-order valence-corrected chi connectivity index (χ1v) is 7.41. The second-order valence-corrected chi connectivity index (χ2v) is 5.51. The topological polar surface area (TPSA) is 106 Å². The Morgan fingerprint density at radius 2 is 2.32 bits per heavy atom. The predicted octanol–water partition coefficient (Wildman–Crippen LogP) is 0.998. The number of carboxylic acid groups (broad SMARTS) is 1. The molecule has 22 heavy (non-hydrogen) atoms. The second-order valence-electron chi connectivity index (χ2n) is 5.51. The molecule has 122 valence electrons. The monoisotopic (exact) mass is 311 g/mol. The van der Waals surface area contributed by atoms with E-state index < -0.39 is 5.97 Å². The average molecular weight is 311 g/mol.